The Morgan fingerprint density at radius 1 is 1.22 bits per heavy atom. The predicted molar refractivity (Wildman–Crippen MR) is 102 cm³/mol. The van der Waals surface area contributed by atoms with Crippen LogP contribution in [0.4, 0.5) is 5.82 Å². The quantitative estimate of drug-likeness (QED) is 0.849. The third kappa shape index (κ3) is 3.74. The van der Waals surface area contributed by atoms with Gasteiger partial charge in [-0.1, -0.05) is 0 Å². The minimum absolute atomic E-state index is 0.0373. The third-order valence-electron chi connectivity index (χ3n) is 5.70. The van der Waals surface area contributed by atoms with Gasteiger partial charge in [-0.3, -0.25) is 9.59 Å². The van der Waals surface area contributed by atoms with Crippen LogP contribution in [-0.2, 0) is 16.6 Å². The molecule has 8 heteroatoms. The fraction of sp³-hybridized carbons (Fsp3) is 0.579. The molecule has 0 bridgehead atoms. The summed E-state index contributed by atoms with van der Waals surface area (Å²) in [6.07, 6.45) is 7.62. The fourth-order valence-corrected chi connectivity index (χ4v) is 4.12. The van der Waals surface area contributed by atoms with Crippen molar-refractivity contribution in [2.45, 2.75) is 38.1 Å². The van der Waals surface area contributed by atoms with Gasteiger partial charge in [-0.05, 0) is 31.7 Å². The number of rotatable bonds is 3. The summed E-state index contributed by atoms with van der Waals surface area (Å²) in [7, 11) is 1.97. The highest BCUT2D eigenvalue weighted by atomic mass is 16.2. The molecular formula is C19H26N6O2. The average Bonchev–Trinajstić information content (AvgIpc) is 2.93. The number of anilines is 1. The molecule has 3 heterocycles. The highest BCUT2D eigenvalue weighted by molar-refractivity contribution is 5.87. The first-order valence-corrected chi connectivity index (χ1v) is 9.70. The molecule has 0 radical (unpaired) electrons. The summed E-state index contributed by atoms with van der Waals surface area (Å²) >= 11 is 0. The first kappa shape index (κ1) is 17.8. The third-order valence-corrected chi connectivity index (χ3v) is 5.70. The van der Waals surface area contributed by atoms with E-state index >= 15 is 0 Å². The number of hydrogen-bond donors (Lipinski definition) is 2. The molecule has 2 amide bonds. The molecule has 1 saturated heterocycles. The Labute approximate surface area is 158 Å². The van der Waals surface area contributed by atoms with E-state index < -0.39 is 0 Å². The molecule has 1 aliphatic heterocycles. The number of fused-ring (bicyclic) bond motifs is 1. The number of aromatic nitrogens is 3. The summed E-state index contributed by atoms with van der Waals surface area (Å²) in [6, 6.07) is 2.35. The maximum Gasteiger partial charge on any atom is 0.225 e. The number of nitrogens with zero attached hydrogens (tertiary/aromatic N) is 4. The van der Waals surface area contributed by atoms with Gasteiger partial charge < -0.3 is 20.1 Å². The second-order valence-electron chi connectivity index (χ2n) is 7.50. The predicted octanol–water partition coefficient (Wildman–Crippen LogP) is 1.29. The molecule has 0 unspecified atom stereocenters. The highest BCUT2D eigenvalue weighted by Crippen LogP contribution is 2.29. The summed E-state index contributed by atoms with van der Waals surface area (Å²) in [6.45, 7) is 1.72. The monoisotopic (exact) mass is 370 g/mol. The van der Waals surface area contributed by atoms with E-state index in [2.05, 4.69) is 20.6 Å². The van der Waals surface area contributed by atoms with Crippen LogP contribution < -0.4 is 10.6 Å². The first-order valence-electron chi connectivity index (χ1n) is 9.70. The van der Waals surface area contributed by atoms with Crippen molar-refractivity contribution < 1.29 is 9.59 Å². The fourth-order valence-electron chi connectivity index (χ4n) is 4.12. The number of aryl methyl sites for hydroxylation is 1. The Balaban J connectivity index is 1.34. The van der Waals surface area contributed by atoms with Crippen LogP contribution in [-0.4, -0.2) is 56.9 Å². The van der Waals surface area contributed by atoms with Crippen molar-refractivity contribution in [1.29, 1.82) is 0 Å². The van der Waals surface area contributed by atoms with Crippen LogP contribution in [0.2, 0.25) is 0 Å². The molecule has 2 aliphatic rings. The van der Waals surface area contributed by atoms with Crippen molar-refractivity contribution in [3.63, 3.8) is 0 Å². The van der Waals surface area contributed by atoms with Gasteiger partial charge in [0, 0.05) is 51.3 Å². The Morgan fingerprint density at radius 2 is 2.04 bits per heavy atom. The molecule has 2 fully saturated rings. The van der Waals surface area contributed by atoms with Crippen molar-refractivity contribution >= 4 is 28.7 Å². The van der Waals surface area contributed by atoms with Gasteiger partial charge in [0.15, 0.2) is 0 Å². The minimum Gasteiger partial charge on any atom is -0.367 e. The molecule has 1 saturated carbocycles. The zero-order chi connectivity index (χ0) is 18.8. The zero-order valence-corrected chi connectivity index (χ0v) is 15.6. The number of amides is 2. The van der Waals surface area contributed by atoms with Crippen LogP contribution in [0.25, 0.3) is 11.0 Å². The Hall–Kier alpha value is -2.64. The van der Waals surface area contributed by atoms with Crippen LogP contribution in [0, 0.1) is 5.92 Å². The van der Waals surface area contributed by atoms with E-state index in [1.807, 2.05) is 28.8 Å². The molecule has 0 spiro atoms. The van der Waals surface area contributed by atoms with Crippen LogP contribution in [0.3, 0.4) is 0 Å². The lowest BCUT2D eigenvalue weighted by Crippen LogP contribution is -2.41. The maximum absolute atomic E-state index is 12.8. The summed E-state index contributed by atoms with van der Waals surface area (Å²) < 4.78 is 1.98. The topological polar surface area (TPSA) is 92.2 Å². The lowest BCUT2D eigenvalue weighted by molar-refractivity contribution is -0.136. The van der Waals surface area contributed by atoms with Crippen LogP contribution in [0.15, 0.2) is 18.6 Å². The number of carbonyl (C=O) groups excluding carboxylic acids is 2. The standard InChI is InChI=1S/C19H26N6O2/c1-24-9-6-15-17(21-12-22-18(15)24)23-14-4-2-13(3-5-14)19(27)25-10-7-16(26)20-8-11-25/h6,9,12-14H,2-5,7-8,10-11H2,1H3,(H,20,26)(H,21,22,23). The van der Waals surface area contributed by atoms with E-state index in [-0.39, 0.29) is 17.7 Å². The molecule has 8 nitrogen and oxygen atoms in total. The van der Waals surface area contributed by atoms with Crippen LogP contribution in [0.5, 0.6) is 0 Å². The number of hydrogen-bond acceptors (Lipinski definition) is 5. The molecular weight excluding hydrogens is 344 g/mol. The summed E-state index contributed by atoms with van der Waals surface area (Å²) in [5.41, 5.74) is 0.917. The second kappa shape index (κ2) is 7.54. The van der Waals surface area contributed by atoms with E-state index in [0.29, 0.717) is 32.1 Å². The lowest BCUT2D eigenvalue weighted by atomic mass is 9.85. The molecule has 0 aromatic carbocycles. The summed E-state index contributed by atoms with van der Waals surface area (Å²) in [5.74, 6) is 1.18. The van der Waals surface area contributed by atoms with Gasteiger partial charge in [-0.2, -0.15) is 0 Å². The van der Waals surface area contributed by atoms with Gasteiger partial charge >= 0.3 is 0 Å². The lowest BCUT2D eigenvalue weighted by Gasteiger charge is -2.32. The van der Waals surface area contributed by atoms with Gasteiger partial charge in [-0.15, -0.1) is 0 Å². The second-order valence-corrected chi connectivity index (χ2v) is 7.50. The normalized spacial score (nSPS) is 23.7. The largest absolute Gasteiger partial charge is 0.367 e. The molecule has 2 N–H and O–H groups in total. The maximum atomic E-state index is 12.8. The molecule has 4 rings (SSSR count). The van der Waals surface area contributed by atoms with E-state index in [4.69, 9.17) is 0 Å². The average molecular weight is 370 g/mol. The number of nitrogens with one attached hydrogen (secondary N) is 2. The number of carbonyl (C=O) groups is 2. The molecule has 0 atom stereocenters. The van der Waals surface area contributed by atoms with Crippen molar-refractivity contribution in [3.05, 3.63) is 18.6 Å². The molecule has 2 aromatic heterocycles. The molecule has 1 aliphatic carbocycles. The van der Waals surface area contributed by atoms with Gasteiger partial charge in [0.1, 0.15) is 17.8 Å². The van der Waals surface area contributed by atoms with E-state index in [1.54, 1.807) is 6.33 Å². The molecule has 2 aromatic rings. The molecule has 144 valence electrons. The van der Waals surface area contributed by atoms with Crippen molar-refractivity contribution in [2.75, 3.05) is 25.0 Å². The first-order chi connectivity index (χ1) is 13.1. The van der Waals surface area contributed by atoms with Crippen molar-refractivity contribution in [3.8, 4) is 0 Å². The smallest absolute Gasteiger partial charge is 0.225 e. The molecule has 27 heavy (non-hydrogen) atoms. The van der Waals surface area contributed by atoms with Gasteiger partial charge in [0.25, 0.3) is 0 Å². The van der Waals surface area contributed by atoms with E-state index in [9.17, 15) is 9.59 Å². The van der Waals surface area contributed by atoms with E-state index in [0.717, 1.165) is 42.5 Å². The van der Waals surface area contributed by atoms with Crippen molar-refractivity contribution in [2.24, 2.45) is 13.0 Å². The van der Waals surface area contributed by atoms with Gasteiger partial charge in [0.05, 0.1) is 5.39 Å². The SMILES string of the molecule is Cn1ccc2c(NC3CCC(C(=O)N4CCNC(=O)CC4)CC3)ncnc21. The van der Waals surface area contributed by atoms with Gasteiger partial charge in [0.2, 0.25) is 11.8 Å². The Kier molecular flexibility index (Phi) is 4.96. The minimum atomic E-state index is 0.0373. The van der Waals surface area contributed by atoms with E-state index in [1.165, 1.54) is 0 Å². The summed E-state index contributed by atoms with van der Waals surface area (Å²) in [5, 5.41) is 7.40. The summed E-state index contributed by atoms with van der Waals surface area (Å²) in [4.78, 5) is 34.9. The van der Waals surface area contributed by atoms with Crippen LogP contribution in [0.1, 0.15) is 32.1 Å². The van der Waals surface area contributed by atoms with Gasteiger partial charge in [-0.25, -0.2) is 9.97 Å². The zero-order valence-electron chi connectivity index (χ0n) is 15.6. The Bertz CT molecular complexity index is 840. The van der Waals surface area contributed by atoms with Crippen molar-refractivity contribution in [1.82, 2.24) is 24.8 Å². The highest BCUT2D eigenvalue weighted by Gasteiger charge is 2.30. The Morgan fingerprint density at radius 3 is 2.85 bits per heavy atom. The van der Waals surface area contributed by atoms with Crippen LogP contribution >= 0.6 is 0 Å².